The van der Waals surface area contributed by atoms with Gasteiger partial charge in [-0.2, -0.15) is 0 Å². The lowest BCUT2D eigenvalue weighted by Gasteiger charge is -2.13. The number of para-hydroxylation sites is 1. The Morgan fingerprint density at radius 3 is 2.36 bits per heavy atom. The van der Waals surface area contributed by atoms with Crippen LogP contribution in [0.5, 0.6) is 5.75 Å². The van der Waals surface area contributed by atoms with E-state index >= 15 is 0 Å². The van der Waals surface area contributed by atoms with E-state index < -0.39 is 11.8 Å². The van der Waals surface area contributed by atoms with Gasteiger partial charge >= 0.3 is 5.97 Å². The molecule has 3 rings (SSSR count). The molecule has 0 radical (unpaired) electrons. The van der Waals surface area contributed by atoms with Crippen LogP contribution in [0, 0.1) is 5.82 Å². The van der Waals surface area contributed by atoms with E-state index in [0.29, 0.717) is 23.5 Å². The van der Waals surface area contributed by atoms with Crippen molar-refractivity contribution < 1.29 is 18.7 Å². The van der Waals surface area contributed by atoms with Crippen LogP contribution < -0.4 is 4.74 Å². The lowest BCUT2D eigenvalue weighted by atomic mass is 10.0. The number of methoxy groups -OCH3 is 1. The van der Waals surface area contributed by atoms with Gasteiger partial charge in [0, 0.05) is 11.1 Å². The Balaban J connectivity index is 1.89. The van der Waals surface area contributed by atoms with Crippen LogP contribution in [0.2, 0.25) is 0 Å². The van der Waals surface area contributed by atoms with Gasteiger partial charge in [0.25, 0.3) is 0 Å². The lowest BCUT2D eigenvalue weighted by Crippen LogP contribution is -2.02. The maximum Gasteiger partial charge on any atom is 0.337 e. The number of ether oxygens (including phenoxy) is 2. The fraction of sp³-hybridized carbons (Fsp3) is 0.0952. The molecule has 25 heavy (non-hydrogen) atoms. The molecule has 0 N–H and O–H groups in total. The molecule has 3 aromatic carbocycles. The second-order valence-electron chi connectivity index (χ2n) is 5.46. The molecule has 126 valence electrons. The number of benzene rings is 3. The van der Waals surface area contributed by atoms with E-state index in [0.717, 1.165) is 5.56 Å². The Morgan fingerprint density at radius 2 is 1.64 bits per heavy atom. The molecule has 4 heteroatoms. The number of carbonyl (C=O) groups excluding carboxylic acids is 1. The summed E-state index contributed by atoms with van der Waals surface area (Å²) in [5.41, 5.74) is 2.20. The Labute approximate surface area is 145 Å². The summed E-state index contributed by atoms with van der Waals surface area (Å²) >= 11 is 0. The summed E-state index contributed by atoms with van der Waals surface area (Å²) in [7, 11) is 1.26. The normalized spacial score (nSPS) is 10.3. The van der Waals surface area contributed by atoms with E-state index in [1.54, 1.807) is 18.2 Å². The van der Waals surface area contributed by atoms with E-state index in [-0.39, 0.29) is 5.56 Å². The molecule has 0 saturated heterocycles. The first-order valence-electron chi connectivity index (χ1n) is 7.83. The first-order valence-corrected chi connectivity index (χ1v) is 7.83. The van der Waals surface area contributed by atoms with Crippen LogP contribution in [-0.4, -0.2) is 13.1 Å². The molecule has 0 aliphatic heterocycles. The van der Waals surface area contributed by atoms with Crippen LogP contribution in [0.25, 0.3) is 11.1 Å². The molecule has 0 aromatic heterocycles. The molecule has 0 spiro atoms. The molecule has 0 bridgehead atoms. The number of rotatable bonds is 5. The van der Waals surface area contributed by atoms with Gasteiger partial charge in [-0.3, -0.25) is 0 Å². The van der Waals surface area contributed by atoms with Crippen molar-refractivity contribution in [1.29, 1.82) is 0 Å². The third kappa shape index (κ3) is 3.86. The SMILES string of the molecule is COC(=O)c1ccc(-c2ccccc2OCc2ccccc2)c(F)c1. The molecule has 0 saturated carbocycles. The largest absolute Gasteiger partial charge is 0.488 e. The lowest BCUT2D eigenvalue weighted by molar-refractivity contribution is 0.0600. The van der Waals surface area contributed by atoms with Crippen molar-refractivity contribution in [2.75, 3.05) is 7.11 Å². The number of esters is 1. The van der Waals surface area contributed by atoms with Gasteiger partial charge in [0.2, 0.25) is 0 Å². The van der Waals surface area contributed by atoms with Gasteiger partial charge in [-0.15, -0.1) is 0 Å². The van der Waals surface area contributed by atoms with Crippen LogP contribution >= 0.6 is 0 Å². The summed E-state index contributed by atoms with van der Waals surface area (Å²) in [5, 5.41) is 0. The van der Waals surface area contributed by atoms with Crippen LogP contribution in [-0.2, 0) is 11.3 Å². The van der Waals surface area contributed by atoms with Gasteiger partial charge in [0.15, 0.2) is 0 Å². The zero-order valence-electron chi connectivity index (χ0n) is 13.7. The van der Waals surface area contributed by atoms with Gasteiger partial charge in [0.05, 0.1) is 12.7 Å². The molecule has 3 aromatic rings. The smallest absolute Gasteiger partial charge is 0.337 e. The standard InChI is InChI=1S/C21H17FO3/c1-24-21(23)16-11-12-17(19(22)13-16)18-9-5-6-10-20(18)25-14-15-7-3-2-4-8-15/h2-13H,14H2,1H3. The predicted octanol–water partition coefficient (Wildman–Crippen LogP) is 4.86. The third-order valence-corrected chi connectivity index (χ3v) is 3.80. The fourth-order valence-corrected chi connectivity index (χ4v) is 2.53. The highest BCUT2D eigenvalue weighted by Gasteiger charge is 2.14. The third-order valence-electron chi connectivity index (χ3n) is 3.80. The minimum Gasteiger partial charge on any atom is -0.488 e. The fourth-order valence-electron chi connectivity index (χ4n) is 2.53. The molecule has 0 heterocycles. The molecule has 0 amide bonds. The van der Waals surface area contributed by atoms with E-state index in [9.17, 15) is 9.18 Å². The zero-order chi connectivity index (χ0) is 17.6. The van der Waals surface area contributed by atoms with E-state index in [1.807, 2.05) is 42.5 Å². The van der Waals surface area contributed by atoms with Crippen molar-refractivity contribution in [3.8, 4) is 16.9 Å². The average molecular weight is 336 g/mol. The predicted molar refractivity (Wildman–Crippen MR) is 93.9 cm³/mol. The summed E-state index contributed by atoms with van der Waals surface area (Å²) in [6, 6.07) is 21.3. The molecule has 0 unspecified atom stereocenters. The topological polar surface area (TPSA) is 35.5 Å². The summed E-state index contributed by atoms with van der Waals surface area (Å²) in [6.07, 6.45) is 0. The Bertz CT molecular complexity index is 875. The van der Waals surface area contributed by atoms with E-state index in [2.05, 4.69) is 4.74 Å². The maximum atomic E-state index is 14.5. The van der Waals surface area contributed by atoms with E-state index in [4.69, 9.17) is 4.74 Å². The van der Waals surface area contributed by atoms with Crippen LogP contribution in [0.1, 0.15) is 15.9 Å². The zero-order valence-corrected chi connectivity index (χ0v) is 13.7. The first kappa shape index (κ1) is 16.7. The van der Waals surface area contributed by atoms with Crippen molar-refractivity contribution in [3.05, 3.63) is 89.7 Å². The molecule has 3 nitrogen and oxygen atoms in total. The Morgan fingerprint density at radius 1 is 0.920 bits per heavy atom. The Hall–Kier alpha value is -3.14. The number of hydrogen-bond donors (Lipinski definition) is 0. The average Bonchev–Trinajstić information content (AvgIpc) is 2.67. The molecule has 0 fully saturated rings. The van der Waals surface area contributed by atoms with Gasteiger partial charge < -0.3 is 9.47 Å². The summed E-state index contributed by atoms with van der Waals surface area (Å²) in [4.78, 5) is 11.5. The van der Waals surface area contributed by atoms with Crippen molar-refractivity contribution in [1.82, 2.24) is 0 Å². The molecular weight excluding hydrogens is 319 g/mol. The summed E-state index contributed by atoms with van der Waals surface area (Å²) in [6.45, 7) is 0.389. The van der Waals surface area contributed by atoms with Crippen LogP contribution in [0.3, 0.4) is 0 Å². The number of halogens is 1. The second-order valence-corrected chi connectivity index (χ2v) is 5.46. The molecule has 0 atom stereocenters. The number of carbonyl (C=O) groups is 1. The highest BCUT2D eigenvalue weighted by Crippen LogP contribution is 2.32. The first-order chi connectivity index (χ1) is 12.2. The van der Waals surface area contributed by atoms with Crippen molar-refractivity contribution in [2.24, 2.45) is 0 Å². The highest BCUT2D eigenvalue weighted by molar-refractivity contribution is 5.90. The summed E-state index contributed by atoms with van der Waals surface area (Å²) in [5.74, 6) is -0.492. The maximum absolute atomic E-state index is 14.5. The van der Waals surface area contributed by atoms with Crippen molar-refractivity contribution in [2.45, 2.75) is 6.61 Å². The van der Waals surface area contributed by atoms with Gasteiger partial charge in [0.1, 0.15) is 18.2 Å². The monoisotopic (exact) mass is 336 g/mol. The van der Waals surface area contributed by atoms with Gasteiger partial charge in [-0.25, -0.2) is 9.18 Å². The molecular formula is C21H17FO3. The van der Waals surface area contributed by atoms with Crippen molar-refractivity contribution >= 4 is 5.97 Å². The highest BCUT2D eigenvalue weighted by atomic mass is 19.1. The number of hydrogen-bond acceptors (Lipinski definition) is 3. The molecule has 0 aliphatic carbocycles. The van der Waals surface area contributed by atoms with Crippen LogP contribution in [0.4, 0.5) is 4.39 Å². The van der Waals surface area contributed by atoms with Gasteiger partial charge in [-0.1, -0.05) is 54.6 Å². The molecule has 0 aliphatic rings. The van der Waals surface area contributed by atoms with Crippen molar-refractivity contribution in [3.63, 3.8) is 0 Å². The minimum atomic E-state index is -0.570. The second kappa shape index (κ2) is 7.62. The summed E-state index contributed by atoms with van der Waals surface area (Å²) < 4.78 is 25.0. The van der Waals surface area contributed by atoms with Crippen LogP contribution in [0.15, 0.2) is 72.8 Å². The Kier molecular flexibility index (Phi) is 5.09. The van der Waals surface area contributed by atoms with E-state index in [1.165, 1.54) is 19.2 Å². The minimum absolute atomic E-state index is 0.173. The van der Waals surface area contributed by atoms with Gasteiger partial charge in [-0.05, 0) is 23.8 Å². The quantitative estimate of drug-likeness (QED) is 0.624.